The minimum atomic E-state index is -4.23. The summed E-state index contributed by atoms with van der Waals surface area (Å²) in [5.74, 6) is -1.76. The second-order valence-electron chi connectivity index (χ2n) is 8.99. The Kier molecular flexibility index (Phi) is 6.83. The van der Waals surface area contributed by atoms with Crippen LogP contribution >= 0.6 is 22.9 Å². The molecule has 1 saturated carbocycles. The van der Waals surface area contributed by atoms with Crippen molar-refractivity contribution < 1.29 is 23.1 Å². The van der Waals surface area contributed by atoms with Crippen LogP contribution in [-0.4, -0.2) is 42.5 Å². The zero-order valence-corrected chi connectivity index (χ0v) is 22.2. The van der Waals surface area contributed by atoms with Crippen molar-refractivity contribution in [2.24, 2.45) is 0 Å². The maximum absolute atomic E-state index is 13.5. The van der Waals surface area contributed by atoms with Crippen LogP contribution in [0.25, 0.3) is 10.4 Å². The number of carbonyl (C=O) groups excluding carboxylic acids is 1. The van der Waals surface area contributed by atoms with Crippen LogP contribution in [0, 0.1) is 0 Å². The quantitative estimate of drug-likeness (QED) is 0.276. The fourth-order valence-electron chi connectivity index (χ4n) is 4.63. The Morgan fingerprint density at radius 1 is 1.00 bits per heavy atom. The number of rotatable bonds is 9. The molecule has 11 heteroatoms. The first-order chi connectivity index (χ1) is 18.2. The summed E-state index contributed by atoms with van der Waals surface area (Å²) >= 11 is 6.98. The molecule has 38 heavy (non-hydrogen) atoms. The molecule has 2 aromatic heterocycles. The number of benzene rings is 2. The highest BCUT2D eigenvalue weighted by atomic mass is 35.5. The molecular formula is C27H22ClN3O5S2. The normalized spacial score (nSPS) is 20.6. The smallest absolute Gasteiger partial charge is 0.325 e. The van der Waals surface area contributed by atoms with E-state index in [1.807, 2.05) is 0 Å². The molecule has 1 fully saturated rings. The van der Waals surface area contributed by atoms with Gasteiger partial charge in [0, 0.05) is 34.3 Å². The van der Waals surface area contributed by atoms with Gasteiger partial charge in [0.25, 0.3) is 15.9 Å². The van der Waals surface area contributed by atoms with Crippen molar-refractivity contribution >= 4 is 44.8 Å². The summed E-state index contributed by atoms with van der Waals surface area (Å²) in [5, 5.41) is 13.7. The average Bonchev–Trinajstić information content (AvgIpc) is 3.29. The lowest BCUT2D eigenvalue weighted by Gasteiger charge is -2.25. The standard InChI is InChI=1S/C27H22ClN3O5S2/c28-21-10-8-18(9-11-21)22-12-13-23(37-22)38(35,36)31-27(25(33)34)16-26(27,20-6-2-1-3-7-20)17-30-24(32)19-5-4-14-29-15-19/h1-15,31H,16-17H2,(H,30,32)(H,33,34)/t26-,27+/m1/s1. The summed E-state index contributed by atoms with van der Waals surface area (Å²) in [7, 11) is -4.23. The predicted octanol–water partition coefficient (Wildman–Crippen LogP) is 4.34. The number of aliphatic carboxylic acids is 1. The number of aromatic nitrogens is 1. The highest BCUT2D eigenvalue weighted by Crippen LogP contribution is 2.58. The van der Waals surface area contributed by atoms with Crippen molar-refractivity contribution in [3.05, 3.63) is 107 Å². The lowest BCUT2D eigenvalue weighted by Crippen LogP contribution is -2.51. The third-order valence-corrected chi connectivity index (χ3v) is 10.1. The molecule has 3 N–H and O–H groups in total. The Morgan fingerprint density at radius 3 is 2.39 bits per heavy atom. The van der Waals surface area contributed by atoms with Gasteiger partial charge in [0.05, 0.1) is 5.56 Å². The molecule has 0 aliphatic heterocycles. The van der Waals surface area contributed by atoms with Crippen LogP contribution < -0.4 is 10.0 Å². The SMILES string of the molecule is O=C(NC[C@@]1(c2ccccc2)C[C@]1(NS(=O)(=O)c1ccc(-c2ccc(Cl)cc2)s1)C(=O)O)c1cccnc1. The number of hydrogen-bond acceptors (Lipinski definition) is 6. The van der Waals surface area contributed by atoms with Gasteiger partial charge < -0.3 is 10.4 Å². The van der Waals surface area contributed by atoms with Gasteiger partial charge in [-0.1, -0.05) is 54.1 Å². The van der Waals surface area contributed by atoms with E-state index in [1.165, 1.54) is 18.5 Å². The number of thiophene rings is 1. The average molecular weight is 568 g/mol. The van der Waals surface area contributed by atoms with Crippen LogP contribution in [0.3, 0.4) is 0 Å². The van der Waals surface area contributed by atoms with Crippen molar-refractivity contribution in [2.45, 2.75) is 21.6 Å². The van der Waals surface area contributed by atoms with Crippen molar-refractivity contribution in [1.82, 2.24) is 15.0 Å². The minimum absolute atomic E-state index is 0.0173. The number of sulfonamides is 1. The van der Waals surface area contributed by atoms with E-state index in [1.54, 1.807) is 72.8 Å². The van der Waals surface area contributed by atoms with Gasteiger partial charge in [0.2, 0.25) is 0 Å². The molecule has 0 spiro atoms. The van der Waals surface area contributed by atoms with E-state index in [4.69, 9.17) is 11.6 Å². The molecule has 0 radical (unpaired) electrons. The van der Waals surface area contributed by atoms with Gasteiger partial charge >= 0.3 is 5.97 Å². The van der Waals surface area contributed by atoms with Crippen LogP contribution in [0.15, 0.2) is 95.5 Å². The van der Waals surface area contributed by atoms with E-state index in [0.29, 0.717) is 21.0 Å². The van der Waals surface area contributed by atoms with Crippen molar-refractivity contribution in [2.75, 3.05) is 6.54 Å². The number of halogens is 1. The number of carboxylic acid groups (broad SMARTS) is 1. The van der Waals surface area contributed by atoms with Crippen molar-refractivity contribution in [3.63, 3.8) is 0 Å². The summed E-state index contributed by atoms with van der Waals surface area (Å²) in [6.45, 7) is -0.0972. The fourth-order valence-corrected chi connectivity index (χ4v) is 7.49. The van der Waals surface area contributed by atoms with E-state index < -0.39 is 32.9 Å². The first-order valence-corrected chi connectivity index (χ1v) is 14.2. The van der Waals surface area contributed by atoms with Gasteiger partial charge in [-0.3, -0.25) is 14.6 Å². The molecule has 194 valence electrons. The van der Waals surface area contributed by atoms with Crippen LogP contribution in [0.4, 0.5) is 0 Å². The van der Waals surface area contributed by atoms with Gasteiger partial charge in [-0.2, -0.15) is 4.72 Å². The number of pyridine rings is 1. The highest BCUT2D eigenvalue weighted by Gasteiger charge is 2.74. The number of hydrogen-bond donors (Lipinski definition) is 3. The Labute approximate surface area is 228 Å². The second kappa shape index (κ2) is 9.95. The maximum atomic E-state index is 13.5. The van der Waals surface area contributed by atoms with Gasteiger partial charge in [-0.05, 0) is 53.9 Å². The van der Waals surface area contributed by atoms with Gasteiger partial charge in [0.15, 0.2) is 0 Å². The third-order valence-electron chi connectivity index (χ3n) is 6.71. The molecule has 0 unspecified atom stereocenters. The Bertz CT molecular complexity index is 1590. The molecule has 0 saturated heterocycles. The Morgan fingerprint density at radius 2 is 1.74 bits per heavy atom. The fraction of sp³-hybridized carbons (Fsp3) is 0.148. The van der Waals surface area contributed by atoms with Crippen LogP contribution in [-0.2, 0) is 20.2 Å². The lowest BCUT2D eigenvalue weighted by molar-refractivity contribution is -0.140. The monoisotopic (exact) mass is 567 g/mol. The summed E-state index contributed by atoms with van der Waals surface area (Å²) in [4.78, 5) is 30.1. The number of nitrogens with zero attached hydrogens (tertiary/aromatic N) is 1. The molecule has 0 bridgehead atoms. The van der Waals surface area contributed by atoms with Crippen LogP contribution in [0.2, 0.25) is 5.02 Å². The zero-order chi connectivity index (χ0) is 27.0. The molecule has 1 aliphatic rings. The van der Waals surface area contributed by atoms with Gasteiger partial charge in [-0.25, -0.2) is 8.42 Å². The van der Waals surface area contributed by atoms with E-state index in [9.17, 15) is 23.1 Å². The number of carboxylic acids is 1. The first-order valence-electron chi connectivity index (χ1n) is 11.5. The molecule has 2 atom stereocenters. The van der Waals surface area contributed by atoms with Gasteiger partial charge in [0.1, 0.15) is 9.75 Å². The van der Waals surface area contributed by atoms with E-state index >= 15 is 0 Å². The third kappa shape index (κ3) is 4.71. The second-order valence-corrected chi connectivity index (χ2v) is 12.4. The molecular weight excluding hydrogens is 546 g/mol. The minimum Gasteiger partial charge on any atom is -0.480 e. The molecule has 8 nitrogen and oxygen atoms in total. The number of nitrogens with one attached hydrogen (secondary N) is 2. The van der Waals surface area contributed by atoms with Crippen LogP contribution in [0.5, 0.6) is 0 Å². The lowest BCUT2D eigenvalue weighted by atomic mass is 9.90. The molecule has 1 amide bonds. The van der Waals surface area contributed by atoms with E-state index in [2.05, 4.69) is 15.0 Å². The Balaban J connectivity index is 1.46. The summed E-state index contributed by atoms with van der Waals surface area (Å²) < 4.78 is 29.4. The summed E-state index contributed by atoms with van der Waals surface area (Å²) in [5.41, 5.74) is -1.37. The largest absolute Gasteiger partial charge is 0.480 e. The molecule has 1 aliphatic carbocycles. The first kappa shape index (κ1) is 26.1. The summed E-state index contributed by atoms with van der Waals surface area (Å²) in [6.07, 6.45) is 2.90. The van der Waals surface area contributed by atoms with E-state index in [-0.39, 0.29) is 17.2 Å². The molecule has 4 aromatic rings. The van der Waals surface area contributed by atoms with Crippen molar-refractivity contribution in [1.29, 1.82) is 0 Å². The number of amides is 1. The molecule has 2 heterocycles. The van der Waals surface area contributed by atoms with Crippen LogP contribution in [0.1, 0.15) is 22.3 Å². The van der Waals surface area contributed by atoms with Crippen molar-refractivity contribution in [3.8, 4) is 10.4 Å². The Hall–Kier alpha value is -3.57. The van der Waals surface area contributed by atoms with Gasteiger partial charge in [-0.15, -0.1) is 11.3 Å². The predicted molar refractivity (Wildman–Crippen MR) is 145 cm³/mol. The zero-order valence-electron chi connectivity index (χ0n) is 19.8. The topological polar surface area (TPSA) is 125 Å². The van der Waals surface area contributed by atoms with E-state index in [0.717, 1.165) is 16.9 Å². The number of carbonyl (C=O) groups is 2. The molecule has 2 aromatic carbocycles. The summed E-state index contributed by atoms with van der Waals surface area (Å²) in [6, 6.07) is 22.1. The highest BCUT2D eigenvalue weighted by molar-refractivity contribution is 7.91. The molecule has 5 rings (SSSR count). The maximum Gasteiger partial charge on any atom is 0.325 e.